The summed E-state index contributed by atoms with van der Waals surface area (Å²) in [5.41, 5.74) is -0.483. The first kappa shape index (κ1) is 11.2. The molecular formula is C8H5Cl2FO3. The summed E-state index contributed by atoms with van der Waals surface area (Å²) in [5, 5.41) is 17.3. The number of rotatable bonds is 2. The summed E-state index contributed by atoms with van der Waals surface area (Å²) in [4.78, 5) is 10.4. The highest BCUT2D eigenvalue weighted by Gasteiger charge is 2.23. The first-order chi connectivity index (χ1) is 6.43. The van der Waals surface area contributed by atoms with E-state index in [1.54, 1.807) is 0 Å². The van der Waals surface area contributed by atoms with Crippen molar-refractivity contribution in [2.75, 3.05) is 0 Å². The van der Waals surface area contributed by atoms with E-state index in [1.807, 2.05) is 0 Å². The van der Waals surface area contributed by atoms with Gasteiger partial charge in [0.25, 0.3) is 0 Å². The third-order valence-electron chi connectivity index (χ3n) is 1.55. The lowest BCUT2D eigenvalue weighted by Crippen LogP contribution is -2.12. The summed E-state index contributed by atoms with van der Waals surface area (Å²) in [6.45, 7) is 0. The third-order valence-corrected chi connectivity index (χ3v) is 2.08. The van der Waals surface area contributed by atoms with Crippen molar-refractivity contribution in [2.24, 2.45) is 0 Å². The maximum absolute atomic E-state index is 13.1. The largest absolute Gasteiger partial charge is 0.479 e. The Bertz CT molecular complexity index is 358. The molecule has 14 heavy (non-hydrogen) atoms. The van der Waals surface area contributed by atoms with Gasteiger partial charge in [-0.3, -0.25) is 0 Å². The van der Waals surface area contributed by atoms with Gasteiger partial charge in [-0.15, -0.1) is 0 Å². The van der Waals surface area contributed by atoms with Crippen LogP contribution in [0.1, 0.15) is 11.7 Å². The van der Waals surface area contributed by atoms with Gasteiger partial charge in [-0.1, -0.05) is 23.2 Å². The lowest BCUT2D eigenvalue weighted by atomic mass is 10.1. The van der Waals surface area contributed by atoms with E-state index in [4.69, 9.17) is 33.4 Å². The highest BCUT2D eigenvalue weighted by atomic mass is 35.5. The van der Waals surface area contributed by atoms with E-state index in [9.17, 15) is 9.18 Å². The van der Waals surface area contributed by atoms with E-state index in [0.717, 1.165) is 12.1 Å². The molecule has 0 heterocycles. The van der Waals surface area contributed by atoms with Crippen molar-refractivity contribution in [1.29, 1.82) is 0 Å². The van der Waals surface area contributed by atoms with Crippen LogP contribution in [0, 0.1) is 5.82 Å². The first-order valence-electron chi connectivity index (χ1n) is 3.48. The van der Waals surface area contributed by atoms with E-state index < -0.39 is 23.5 Å². The van der Waals surface area contributed by atoms with Crippen LogP contribution in [0.2, 0.25) is 10.0 Å². The number of carbonyl (C=O) groups is 1. The number of aliphatic hydroxyl groups excluding tert-OH is 1. The molecule has 1 atom stereocenters. The molecule has 0 spiro atoms. The predicted molar refractivity (Wildman–Crippen MR) is 49.0 cm³/mol. The summed E-state index contributed by atoms with van der Waals surface area (Å²) in [5.74, 6) is -2.52. The van der Waals surface area contributed by atoms with Gasteiger partial charge in [0, 0.05) is 10.6 Å². The second-order valence-electron chi connectivity index (χ2n) is 2.52. The van der Waals surface area contributed by atoms with Crippen LogP contribution in [0.5, 0.6) is 0 Å². The lowest BCUT2D eigenvalue weighted by molar-refractivity contribution is -0.147. The lowest BCUT2D eigenvalue weighted by Gasteiger charge is -2.09. The van der Waals surface area contributed by atoms with Crippen LogP contribution in [0.4, 0.5) is 4.39 Å². The third kappa shape index (κ3) is 2.15. The minimum Gasteiger partial charge on any atom is -0.479 e. The van der Waals surface area contributed by atoms with Crippen LogP contribution >= 0.6 is 23.2 Å². The zero-order valence-corrected chi connectivity index (χ0v) is 8.18. The van der Waals surface area contributed by atoms with E-state index in [1.165, 1.54) is 0 Å². The Kier molecular flexibility index (Phi) is 3.31. The molecule has 0 radical (unpaired) electrons. The van der Waals surface area contributed by atoms with Crippen LogP contribution in [-0.4, -0.2) is 16.2 Å². The molecule has 2 N–H and O–H groups in total. The maximum Gasteiger partial charge on any atom is 0.337 e. The Balaban J connectivity index is 3.27. The van der Waals surface area contributed by atoms with Crippen LogP contribution in [0.25, 0.3) is 0 Å². The number of aliphatic hydroxyl groups is 1. The SMILES string of the molecule is O=C(O)C(O)c1c(F)cc(Cl)cc1Cl. The summed E-state index contributed by atoms with van der Waals surface area (Å²) in [7, 11) is 0. The van der Waals surface area contributed by atoms with Gasteiger partial charge < -0.3 is 10.2 Å². The molecule has 3 nitrogen and oxygen atoms in total. The monoisotopic (exact) mass is 238 g/mol. The molecule has 0 amide bonds. The quantitative estimate of drug-likeness (QED) is 0.831. The molecular weight excluding hydrogens is 234 g/mol. The van der Waals surface area contributed by atoms with Crippen molar-refractivity contribution in [2.45, 2.75) is 6.10 Å². The van der Waals surface area contributed by atoms with Crippen molar-refractivity contribution in [3.63, 3.8) is 0 Å². The van der Waals surface area contributed by atoms with Gasteiger partial charge in [0.15, 0.2) is 6.10 Å². The molecule has 0 saturated carbocycles. The summed E-state index contributed by atoms with van der Waals surface area (Å²) < 4.78 is 13.1. The van der Waals surface area contributed by atoms with Gasteiger partial charge in [-0.25, -0.2) is 9.18 Å². The van der Waals surface area contributed by atoms with Crippen LogP contribution < -0.4 is 0 Å². The molecule has 1 aromatic rings. The predicted octanol–water partition coefficient (Wildman–Crippen LogP) is 2.25. The number of carboxylic acids is 1. The minimum atomic E-state index is -1.99. The smallest absolute Gasteiger partial charge is 0.337 e. The Morgan fingerprint density at radius 3 is 2.43 bits per heavy atom. The first-order valence-corrected chi connectivity index (χ1v) is 4.24. The number of halogens is 3. The van der Waals surface area contributed by atoms with Gasteiger partial charge in [0.1, 0.15) is 5.82 Å². The molecule has 0 aliphatic carbocycles. The van der Waals surface area contributed by atoms with E-state index in [2.05, 4.69) is 0 Å². The molecule has 0 bridgehead atoms. The number of carboxylic acid groups (broad SMARTS) is 1. The second-order valence-corrected chi connectivity index (χ2v) is 3.37. The Morgan fingerprint density at radius 2 is 2.00 bits per heavy atom. The molecule has 6 heteroatoms. The molecule has 1 rings (SSSR count). The number of hydrogen-bond acceptors (Lipinski definition) is 2. The standard InChI is InChI=1S/C8H5Cl2FO3/c9-3-1-4(10)6(5(11)2-3)7(12)8(13)14/h1-2,7,12H,(H,13,14). The van der Waals surface area contributed by atoms with Crippen LogP contribution in [-0.2, 0) is 4.79 Å². The molecule has 1 aromatic carbocycles. The molecule has 1 unspecified atom stereocenters. The van der Waals surface area contributed by atoms with Gasteiger partial charge >= 0.3 is 5.97 Å². The van der Waals surface area contributed by atoms with Gasteiger partial charge in [-0.05, 0) is 12.1 Å². The summed E-state index contributed by atoms with van der Waals surface area (Å²) in [6, 6.07) is 2.04. The van der Waals surface area contributed by atoms with Gasteiger partial charge in [-0.2, -0.15) is 0 Å². The van der Waals surface area contributed by atoms with E-state index in [0.29, 0.717) is 0 Å². The van der Waals surface area contributed by atoms with Crippen molar-refractivity contribution >= 4 is 29.2 Å². The normalized spacial score (nSPS) is 12.6. The fraction of sp³-hybridized carbons (Fsp3) is 0.125. The fourth-order valence-electron chi connectivity index (χ4n) is 0.938. The molecule has 76 valence electrons. The average Bonchev–Trinajstić information content (AvgIpc) is 2.01. The fourth-order valence-corrected chi connectivity index (χ4v) is 1.51. The topological polar surface area (TPSA) is 57.5 Å². The van der Waals surface area contributed by atoms with E-state index in [-0.39, 0.29) is 10.0 Å². The van der Waals surface area contributed by atoms with Crippen molar-refractivity contribution in [3.05, 3.63) is 33.6 Å². The number of hydrogen-bond donors (Lipinski definition) is 2. The molecule has 0 saturated heterocycles. The number of benzene rings is 1. The van der Waals surface area contributed by atoms with Crippen molar-refractivity contribution < 1.29 is 19.4 Å². The number of aliphatic carboxylic acids is 1. The Hall–Kier alpha value is -0.840. The second kappa shape index (κ2) is 4.13. The molecule has 0 aliphatic rings. The summed E-state index contributed by atoms with van der Waals surface area (Å²) in [6.07, 6.45) is -1.99. The summed E-state index contributed by atoms with van der Waals surface area (Å²) >= 11 is 11.0. The zero-order chi connectivity index (χ0) is 10.9. The highest BCUT2D eigenvalue weighted by Crippen LogP contribution is 2.29. The van der Waals surface area contributed by atoms with Crippen molar-refractivity contribution in [1.82, 2.24) is 0 Å². The zero-order valence-electron chi connectivity index (χ0n) is 6.67. The Morgan fingerprint density at radius 1 is 1.43 bits per heavy atom. The maximum atomic E-state index is 13.1. The van der Waals surface area contributed by atoms with Crippen molar-refractivity contribution in [3.8, 4) is 0 Å². The average molecular weight is 239 g/mol. The molecule has 0 aromatic heterocycles. The molecule has 0 fully saturated rings. The van der Waals surface area contributed by atoms with Gasteiger partial charge in [0.2, 0.25) is 0 Å². The van der Waals surface area contributed by atoms with Crippen LogP contribution in [0.15, 0.2) is 12.1 Å². The minimum absolute atomic E-state index is 0.0360. The van der Waals surface area contributed by atoms with Gasteiger partial charge in [0.05, 0.1) is 5.02 Å². The van der Waals surface area contributed by atoms with Crippen LogP contribution in [0.3, 0.4) is 0 Å². The Labute approximate surface area is 88.7 Å². The molecule has 0 aliphatic heterocycles. The van der Waals surface area contributed by atoms with E-state index >= 15 is 0 Å². The highest BCUT2D eigenvalue weighted by molar-refractivity contribution is 6.35.